The van der Waals surface area contributed by atoms with E-state index in [9.17, 15) is 9.59 Å². The lowest BCUT2D eigenvalue weighted by Gasteiger charge is -2.26. The van der Waals surface area contributed by atoms with Crippen LogP contribution in [0.2, 0.25) is 0 Å². The molecule has 0 saturated heterocycles. The highest BCUT2D eigenvalue weighted by molar-refractivity contribution is 5.82. The molecule has 6 heteroatoms. The topological polar surface area (TPSA) is 65.1 Å². The predicted molar refractivity (Wildman–Crippen MR) is 120 cm³/mol. The lowest BCUT2D eigenvalue weighted by Crippen LogP contribution is -2.38. The first kappa shape index (κ1) is 22.2. The second kappa shape index (κ2) is 11.0. The molecule has 0 fully saturated rings. The Hall–Kier alpha value is -3.54. The molecule has 0 aromatic heterocycles. The maximum atomic E-state index is 12.4. The van der Waals surface area contributed by atoms with Gasteiger partial charge in [-0.15, -0.1) is 0 Å². The van der Waals surface area contributed by atoms with E-state index in [1.54, 1.807) is 11.0 Å². The van der Waals surface area contributed by atoms with Gasteiger partial charge in [-0.25, -0.2) is 4.79 Å². The van der Waals surface area contributed by atoms with Crippen LogP contribution in [0, 0.1) is 0 Å². The number of hydrogen-bond donors (Lipinski definition) is 0. The van der Waals surface area contributed by atoms with Gasteiger partial charge in [-0.3, -0.25) is 4.79 Å². The van der Waals surface area contributed by atoms with Crippen molar-refractivity contribution in [3.8, 4) is 11.5 Å². The fourth-order valence-corrected chi connectivity index (χ4v) is 3.32. The first-order valence-corrected chi connectivity index (χ1v) is 10.2. The Labute approximate surface area is 182 Å². The van der Waals surface area contributed by atoms with Gasteiger partial charge in [0.05, 0.1) is 7.11 Å². The van der Waals surface area contributed by atoms with Gasteiger partial charge in [-0.1, -0.05) is 54.6 Å². The Morgan fingerprint density at radius 2 is 1.87 bits per heavy atom. The van der Waals surface area contributed by atoms with Crippen LogP contribution in [0.4, 0.5) is 0 Å². The maximum absolute atomic E-state index is 12.4. The largest absolute Gasteiger partial charge is 0.493 e. The monoisotopic (exact) mass is 421 g/mol. The molecule has 0 unspecified atom stereocenters. The smallest absolute Gasteiger partial charge is 0.344 e. The Morgan fingerprint density at radius 1 is 1.06 bits per heavy atom. The van der Waals surface area contributed by atoms with Crippen molar-refractivity contribution < 1.29 is 23.8 Å². The number of ether oxygens (including phenoxy) is 3. The second-order valence-electron chi connectivity index (χ2n) is 7.04. The highest BCUT2D eigenvalue weighted by Gasteiger charge is 2.19. The minimum Gasteiger partial charge on any atom is -0.493 e. The lowest BCUT2D eigenvalue weighted by atomic mass is 10.00. The second-order valence-corrected chi connectivity index (χ2v) is 7.04. The molecule has 0 radical (unpaired) electrons. The molecule has 0 aliphatic carbocycles. The molecule has 1 aliphatic rings. The highest BCUT2D eigenvalue weighted by Crippen LogP contribution is 2.28. The van der Waals surface area contributed by atoms with Crippen molar-refractivity contribution in [2.75, 3.05) is 33.4 Å². The summed E-state index contributed by atoms with van der Waals surface area (Å²) in [6.07, 6.45) is 6.68. The summed E-state index contributed by atoms with van der Waals surface area (Å²) in [6.45, 7) is 2.44. The van der Waals surface area contributed by atoms with Crippen LogP contribution in [0.5, 0.6) is 11.5 Å². The third-order valence-corrected chi connectivity index (χ3v) is 4.96. The van der Waals surface area contributed by atoms with Crippen LogP contribution in [-0.4, -0.2) is 50.2 Å². The van der Waals surface area contributed by atoms with Crippen molar-refractivity contribution in [1.82, 2.24) is 4.90 Å². The van der Waals surface area contributed by atoms with Crippen LogP contribution in [0.1, 0.15) is 24.5 Å². The van der Waals surface area contributed by atoms with Crippen LogP contribution < -0.4 is 9.47 Å². The molecule has 1 heterocycles. The van der Waals surface area contributed by atoms with Crippen LogP contribution in [0.15, 0.2) is 60.7 Å². The van der Waals surface area contributed by atoms with E-state index in [1.165, 1.54) is 18.2 Å². The first-order valence-electron chi connectivity index (χ1n) is 10.2. The van der Waals surface area contributed by atoms with Gasteiger partial charge < -0.3 is 19.1 Å². The number of allylic oxidation sites excluding steroid dienone is 1. The number of carbonyl (C=O) groups excluding carboxylic acids is 2. The molecule has 1 amide bonds. The van der Waals surface area contributed by atoms with Gasteiger partial charge in [-0.2, -0.15) is 0 Å². The summed E-state index contributed by atoms with van der Waals surface area (Å²) >= 11 is 0. The molecule has 3 rings (SSSR count). The van der Waals surface area contributed by atoms with E-state index in [0.29, 0.717) is 24.6 Å². The summed E-state index contributed by atoms with van der Waals surface area (Å²) in [4.78, 5) is 26.1. The third kappa shape index (κ3) is 6.22. The van der Waals surface area contributed by atoms with E-state index >= 15 is 0 Å². The van der Waals surface area contributed by atoms with E-state index in [4.69, 9.17) is 14.2 Å². The molecule has 2 aromatic rings. The molecule has 31 heavy (non-hydrogen) atoms. The van der Waals surface area contributed by atoms with E-state index < -0.39 is 5.97 Å². The molecule has 0 saturated carbocycles. The Bertz CT molecular complexity index is 965. The standard InChI is InChI=1S/C25H27NO5/c1-3-7-19-10-11-22(23(16-19)29-2)30-18-25(28)31-17-24(27)26-14-12-21(13-15-26)20-8-5-4-6-9-20/h3-12,16H,13-15,17-18H2,1-2H3/b7-3+. The maximum Gasteiger partial charge on any atom is 0.344 e. The minimum atomic E-state index is -0.606. The van der Waals surface area contributed by atoms with E-state index in [1.807, 2.05) is 55.5 Å². The molecule has 0 atom stereocenters. The fourth-order valence-electron chi connectivity index (χ4n) is 3.32. The van der Waals surface area contributed by atoms with Crippen molar-refractivity contribution in [1.29, 1.82) is 0 Å². The number of benzene rings is 2. The number of carbonyl (C=O) groups is 2. The molecule has 0 N–H and O–H groups in total. The molecule has 6 nitrogen and oxygen atoms in total. The minimum absolute atomic E-state index is 0.218. The summed E-state index contributed by atoms with van der Waals surface area (Å²) in [5.74, 6) is 0.137. The normalized spacial score (nSPS) is 13.6. The summed E-state index contributed by atoms with van der Waals surface area (Å²) in [7, 11) is 1.54. The van der Waals surface area contributed by atoms with Crippen molar-refractivity contribution in [2.45, 2.75) is 13.3 Å². The van der Waals surface area contributed by atoms with Gasteiger partial charge in [0.25, 0.3) is 5.91 Å². The van der Waals surface area contributed by atoms with Crippen molar-refractivity contribution in [2.24, 2.45) is 0 Å². The zero-order chi connectivity index (χ0) is 22.1. The highest BCUT2D eigenvalue weighted by atomic mass is 16.6. The Balaban J connectivity index is 1.45. The quantitative estimate of drug-likeness (QED) is 0.604. The molecule has 2 aromatic carbocycles. The van der Waals surface area contributed by atoms with Crippen molar-refractivity contribution in [3.05, 3.63) is 71.8 Å². The fraction of sp³-hybridized carbons (Fsp3) is 0.280. The van der Waals surface area contributed by atoms with Crippen LogP contribution in [0.25, 0.3) is 11.6 Å². The van der Waals surface area contributed by atoms with E-state index in [-0.39, 0.29) is 19.1 Å². The molecular weight excluding hydrogens is 394 g/mol. The molecule has 1 aliphatic heterocycles. The third-order valence-electron chi connectivity index (χ3n) is 4.96. The number of esters is 1. The summed E-state index contributed by atoms with van der Waals surface area (Å²) in [6, 6.07) is 15.5. The Morgan fingerprint density at radius 3 is 2.55 bits per heavy atom. The molecule has 0 bridgehead atoms. The average Bonchev–Trinajstić information content (AvgIpc) is 2.82. The number of rotatable bonds is 8. The van der Waals surface area contributed by atoms with Gasteiger partial charge in [0.1, 0.15) is 0 Å². The van der Waals surface area contributed by atoms with E-state index in [2.05, 4.69) is 12.1 Å². The summed E-state index contributed by atoms with van der Waals surface area (Å²) in [5.41, 5.74) is 3.36. The van der Waals surface area contributed by atoms with Crippen molar-refractivity contribution >= 4 is 23.5 Å². The van der Waals surface area contributed by atoms with Crippen molar-refractivity contribution in [3.63, 3.8) is 0 Å². The summed E-state index contributed by atoms with van der Waals surface area (Å²) < 4.78 is 15.9. The molecule has 162 valence electrons. The van der Waals surface area contributed by atoms with Gasteiger partial charge >= 0.3 is 5.97 Å². The van der Waals surface area contributed by atoms with Gasteiger partial charge in [0.2, 0.25) is 0 Å². The predicted octanol–water partition coefficient (Wildman–Crippen LogP) is 3.97. The van der Waals surface area contributed by atoms with Gasteiger partial charge in [0.15, 0.2) is 24.7 Å². The zero-order valence-corrected chi connectivity index (χ0v) is 17.9. The van der Waals surface area contributed by atoms with Gasteiger partial charge in [-0.05, 0) is 42.2 Å². The number of nitrogens with zero attached hydrogens (tertiary/aromatic N) is 1. The van der Waals surface area contributed by atoms with Crippen LogP contribution in [0.3, 0.4) is 0 Å². The van der Waals surface area contributed by atoms with Crippen LogP contribution >= 0.6 is 0 Å². The lowest BCUT2D eigenvalue weighted by molar-refractivity contribution is -0.153. The van der Waals surface area contributed by atoms with Crippen LogP contribution in [-0.2, 0) is 14.3 Å². The zero-order valence-electron chi connectivity index (χ0n) is 17.9. The first-order chi connectivity index (χ1) is 15.1. The average molecular weight is 421 g/mol. The molecular formula is C25H27NO5. The summed E-state index contributed by atoms with van der Waals surface area (Å²) in [5, 5.41) is 0. The Kier molecular flexibility index (Phi) is 7.87. The van der Waals surface area contributed by atoms with Gasteiger partial charge in [0, 0.05) is 13.1 Å². The molecule has 0 spiro atoms. The number of methoxy groups -OCH3 is 1. The SMILES string of the molecule is C/C=C/c1ccc(OCC(=O)OCC(=O)N2CC=C(c3ccccc3)CC2)c(OC)c1. The number of hydrogen-bond acceptors (Lipinski definition) is 5. The van der Waals surface area contributed by atoms with E-state index in [0.717, 1.165) is 12.0 Å². The number of amides is 1.